The Kier molecular flexibility index (Phi) is 3.80. The van der Waals surface area contributed by atoms with Gasteiger partial charge in [0.05, 0.1) is 19.3 Å². The number of ether oxygens (including phenoxy) is 1. The number of aliphatic hydroxyl groups is 1. The van der Waals surface area contributed by atoms with Crippen molar-refractivity contribution in [2.75, 3.05) is 31.2 Å². The first-order chi connectivity index (χ1) is 7.81. The molecule has 0 bridgehead atoms. The molecule has 3 nitrogen and oxygen atoms in total. The summed E-state index contributed by atoms with van der Waals surface area (Å²) in [5.41, 5.74) is 2.22. The predicted octanol–water partition coefficient (Wildman–Crippen LogP) is 1.97. The Morgan fingerprint density at radius 3 is 2.44 bits per heavy atom. The highest BCUT2D eigenvalue weighted by Crippen LogP contribution is 2.21. The number of anilines is 1. The summed E-state index contributed by atoms with van der Waals surface area (Å²) in [6.45, 7) is 5.50. The number of rotatable bonds is 3. The molecule has 3 heteroatoms. The van der Waals surface area contributed by atoms with E-state index in [1.807, 2.05) is 19.1 Å². The highest BCUT2D eigenvalue weighted by Gasteiger charge is 2.11. The number of hydrogen-bond acceptors (Lipinski definition) is 3. The Hall–Kier alpha value is -1.06. The summed E-state index contributed by atoms with van der Waals surface area (Å²) in [5, 5.41) is 9.70. The maximum Gasteiger partial charge on any atom is 0.0787 e. The molecular formula is C13H19NO2. The Morgan fingerprint density at radius 1 is 1.25 bits per heavy atom. The Labute approximate surface area is 96.6 Å². The van der Waals surface area contributed by atoms with Crippen LogP contribution in [0.1, 0.15) is 25.0 Å². The molecule has 0 radical (unpaired) electrons. The quantitative estimate of drug-likeness (QED) is 0.847. The first-order valence-electron chi connectivity index (χ1n) is 5.92. The van der Waals surface area contributed by atoms with Gasteiger partial charge in [-0.05, 0) is 24.1 Å². The molecule has 1 N–H and O–H groups in total. The van der Waals surface area contributed by atoms with Crippen LogP contribution in [0.5, 0.6) is 0 Å². The number of aliphatic hydroxyl groups excluding tert-OH is 1. The van der Waals surface area contributed by atoms with Crippen LogP contribution in [0.25, 0.3) is 0 Å². The van der Waals surface area contributed by atoms with Gasteiger partial charge in [0.1, 0.15) is 0 Å². The molecule has 1 heterocycles. The van der Waals surface area contributed by atoms with E-state index < -0.39 is 0 Å². The third-order valence-corrected chi connectivity index (χ3v) is 3.04. The zero-order chi connectivity index (χ0) is 11.4. The average molecular weight is 221 g/mol. The van der Waals surface area contributed by atoms with Crippen molar-refractivity contribution in [1.82, 2.24) is 0 Å². The molecule has 0 saturated carbocycles. The number of benzene rings is 1. The lowest BCUT2D eigenvalue weighted by molar-refractivity contribution is 0.122. The van der Waals surface area contributed by atoms with E-state index in [9.17, 15) is 5.11 Å². The molecule has 16 heavy (non-hydrogen) atoms. The maximum absolute atomic E-state index is 9.70. The van der Waals surface area contributed by atoms with Crippen molar-refractivity contribution in [3.63, 3.8) is 0 Å². The summed E-state index contributed by atoms with van der Waals surface area (Å²) in [6.07, 6.45) is 0.426. The zero-order valence-electron chi connectivity index (χ0n) is 9.72. The fourth-order valence-corrected chi connectivity index (χ4v) is 1.96. The van der Waals surface area contributed by atoms with Crippen LogP contribution in [0.4, 0.5) is 5.69 Å². The van der Waals surface area contributed by atoms with Gasteiger partial charge < -0.3 is 14.7 Å². The van der Waals surface area contributed by atoms with Gasteiger partial charge in [0, 0.05) is 18.8 Å². The summed E-state index contributed by atoms with van der Waals surface area (Å²) in [7, 11) is 0. The van der Waals surface area contributed by atoms with E-state index in [0.29, 0.717) is 0 Å². The van der Waals surface area contributed by atoms with Crippen molar-refractivity contribution in [2.24, 2.45) is 0 Å². The third kappa shape index (κ3) is 2.54. The van der Waals surface area contributed by atoms with E-state index >= 15 is 0 Å². The minimum absolute atomic E-state index is 0.335. The van der Waals surface area contributed by atoms with Gasteiger partial charge in [-0.2, -0.15) is 0 Å². The summed E-state index contributed by atoms with van der Waals surface area (Å²) in [4.78, 5) is 2.31. The number of hydrogen-bond donors (Lipinski definition) is 1. The molecule has 1 atom stereocenters. The smallest absolute Gasteiger partial charge is 0.0787 e. The lowest BCUT2D eigenvalue weighted by Gasteiger charge is -2.29. The van der Waals surface area contributed by atoms with Crippen LogP contribution in [0.2, 0.25) is 0 Å². The van der Waals surface area contributed by atoms with Crippen molar-refractivity contribution in [3.8, 4) is 0 Å². The van der Waals surface area contributed by atoms with Crippen LogP contribution in [-0.4, -0.2) is 31.4 Å². The van der Waals surface area contributed by atoms with Gasteiger partial charge in [-0.15, -0.1) is 0 Å². The van der Waals surface area contributed by atoms with Crippen molar-refractivity contribution >= 4 is 5.69 Å². The molecule has 1 fully saturated rings. The van der Waals surface area contributed by atoms with Gasteiger partial charge in [0.15, 0.2) is 0 Å². The topological polar surface area (TPSA) is 32.7 Å². The second-order valence-electron chi connectivity index (χ2n) is 4.11. The lowest BCUT2D eigenvalue weighted by atomic mass is 10.1. The monoisotopic (exact) mass is 221 g/mol. The van der Waals surface area contributed by atoms with Crippen molar-refractivity contribution in [2.45, 2.75) is 19.4 Å². The van der Waals surface area contributed by atoms with Crippen LogP contribution in [0, 0.1) is 0 Å². The molecule has 1 aromatic carbocycles. The second-order valence-corrected chi connectivity index (χ2v) is 4.11. The number of morpholine rings is 1. The zero-order valence-corrected chi connectivity index (χ0v) is 9.72. The van der Waals surface area contributed by atoms with Crippen molar-refractivity contribution < 1.29 is 9.84 Å². The van der Waals surface area contributed by atoms with Gasteiger partial charge >= 0.3 is 0 Å². The number of nitrogens with zero attached hydrogens (tertiary/aromatic N) is 1. The van der Waals surface area contributed by atoms with E-state index in [1.165, 1.54) is 5.69 Å². The van der Waals surface area contributed by atoms with E-state index in [0.717, 1.165) is 38.3 Å². The Bertz CT molecular complexity index is 317. The van der Waals surface area contributed by atoms with Gasteiger partial charge in [-0.25, -0.2) is 0 Å². The molecule has 0 unspecified atom stereocenters. The first-order valence-corrected chi connectivity index (χ1v) is 5.92. The van der Waals surface area contributed by atoms with Crippen molar-refractivity contribution in [1.29, 1.82) is 0 Å². The SMILES string of the molecule is CC[C@@H](O)c1ccc(N2CCOCC2)cc1. The van der Waals surface area contributed by atoms with E-state index in [1.54, 1.807) is 0 Å². The van der Waals surface area contributed by atoms with Crippen molar-refractivity contribution in [3.05, 3.63) is 29.8 Å². The van der Waals surface area contributed by atoms with Crippen LogP contribution >= 0.6 is 0 Å². The summed E-state index contributed by atoms with van der Waals surface area (Å²) < 4.78 is 5.32. The van der Waals surface area contributed by atoms with E-state index in [2.05, 4.69) is 17.0 Å². The average Bonchev–Trinajstić information content (AvgIpc) is 2.39. The normalized spacial score (nSPS) is 18.5. The minimum atomic E-state index is -0.335. The molecule has 0 amide bonds. The van der Waals surface area contributed by atoms with Gasteiger partial charge in [0.2, 0.25) is 0 Å². The van der Waals surface area contributed by atoms with Crippen LogP contribution < -0.4 is 4.90 Å². The summed E-state index contributed by atoms with van der Waals surface area (Å²) >= 11 is 0. The van der Waals surface area contributed by atoms with E-state index in [-0.39, 0.29) is 6.10 Å². The maximum atomic E-state index is 9.70. The lowest BCUT2D eigenvalue weighted by Crippen LogP contribution is -2.36. The Balaban J connectivity index is 2.06. The van der Waals surface area contributed by atoms with E-state index in [4.69, 9.17) is 4.74 Å². The molecule has 1 aliphatic rings. The van der Waals surface area contributed by atoms with Gasteiger partial charge in [-0.1, -0.05) is 19.1 Å². The minimum Gasteiger partial charge on any atom is -0.388 e. The summed E-state index contributed by atoms with van der Waals surface area (Å²) in [6, 6.07) is 8.19. The van der Waals surface area contributed by atoms with Crippen LogP contribution in [0.3, 0.4) is 0 Å². The molecule has 1 aliphatic heterocycles. The van der Waals surface area contributed by atoms with Gasteiger partial charge in [-0.3, -0.25) is 0 Å². The molecule has 2 rings (SSSR count). The molecule has 0 aromatic heterocycles. The largest absolute Gasteiger partial charge is 0.388 e. The fraction of sp³-hybridized carbons (Fsp3) is 0.538. The second kappa shape index (κ2) is 5.32. The van der Waals surface area contributed by atoms with Crippen LogP contribution in [-0.2, 0) is 4.74 Å². The molecule has 0 spiro atoms. The van der Waals surface area contributed by atoms with Gasteiger partial charge in [0.25, 0.3) is 0 Å². The Morgan fingerprint density at radius 2 is 1.88 bits per heavy atom. The fourth-order valence-electron chi connectivity index (χ4n) is 1.96. The van der Waals surface area contributed by atoms with Crippen LogP contribution in [0.15, 0.2) is 24.3 Å². The predicted molar refractivity (Wildman–Crippen MR) is 64.7 cm³/mol. The molecular weight excluding hydrogens is 202 g/mol. The summed E-state index contributed by atoms with van der Waals surface area (Å²) in [5.74, 6) is 0. The highest BCUT2D eigenvalue weighted by atomic mass is 16.5. The molecule has 1 aromatic rings. The molecule has 1 saturated heterocycles. The molecule has 0 aliphatic carbocycles. The third-order valence-electron chi connectivity index (χ3n) is 3.04. The highest BCUT2D eigenvalue weighted by molar-refractivity contribution is 5.48. The first kappa shape index (κ1) is 11.4. The molecule has 88 valence electrons. The standard InChI is InChI=1S/C13H19NO2/c1-2-13(15)11-3-5-12(6-4-11)14-7-9-16-10-8-14/h3-6,13,15H,2,7-10H2,1H3/t13-/m1/s1.